The van der Waals surface area contributed by atoms with Crippen LogP contribution in [0.5, 0.6) is 0 Å². The maximum absolute atomic E-state index is 12.9. The van der Waals surface area contributed by atoms with Gasteiger partial charge in [0.1, 0.15) is 0 Å². The van der Waals surface area contributed by atoms with E-state index in [1.54, 1.807) is 0 Å². The van der Waals surface area contributed by atoms with Crippen molar-refractivity contribution in [2.75, 3.05) is 11.9 Å². The van der Waals surface area contributed by atoms with E-state index in [2.05, 4.69) is 5.32 Å². The third-order valence-corrected chi connectivity index (χ3v) is 3.99. The fourth-order valence-electron chi connectivity index (χ4n) is 2.26. The van der Waals surface area contributed by atoms with Crippen LogP contribution >= 0.6 is 23.2 Å². The smallest absolute Gasteiger partial charge is 0.366 e. The van der Waals surface area contributed by atoms with Crippen molar-refractivity contribution in [2.45, 2.75) is 12.6 Å². The van der Waals surface area contributed by atoms with E-state index < -0.39 is 36.0 Å². The molecule has 0 saturated carbocycles. The lowest BCUT2D eigenvalue weighted by Gasteiger charge is -2.31. The van der Waals surface area contributed by atoms with Crippen molar-refractivity contribution in [1.82, 2.24) is 4.90 Å². The SMILES string of the molecule is NC(=O)C1=CN(C(=O)Nc2ccc(Cl)cc2Cl)CC[C@H]1C(F)(F)F. The van der Waals surface area contributed by atoms with Gasteiger partial charge in [-0.1, -0.05) is 23.2 Å². The summed E-state index contributed by atoms with van der Waals surface area (Å²) in [4.78, 5) is 24.4. The number of rotatable bonds is 2. The summed E-state index contributed by atoms with van der Waals surface area (Å²) in [6.07, 6.45) is -4.24. The number of carbonyl (C=O) groups excluding carboxylic acids is 2. The van der Waals surface area contributed by atoms with Crippen LogP contribution in [0.3, 0.4) is 0 Å². The molecule has 0 aromatic heterocycles. The number of benzene rings is 1. The fourth-order valence-corrected chi connectivity index (χ4v) is 2.72. The van der Waals surface area contributed by atoms with E-state index in [1.807, 2.05) is 0 Å². The van der Waals surface area contributed by atoms with E-state index in [1.165, 1.54) is 18.2 Å². The van der Waals surface area contributed by atoms with Gasteiger partial charge in [0, 0.05) is 23.3 Å². The first-order valence-corrected chi connectivity index (χ1v) is 7.46. The van der Waals surface area contributed by atoms with Crippen LogP contribution in [0.4, 0.5) is 23.7 Å². The average Bonchev–Trinajstić information content (AvgIpc) is 2.48. The highest BCUT2D eigenvalue weighted by molar-refractivity contribution is 6.36. The molecule has 1 atom stereocenters. The third kappa shape index (κ3) is 4.12. The summed E-state index contributed by atoms with van der Waals surface area (Å²) < 4.78 is 38.8. The van der Waals surface area contributed by atoms with Gasteiger partial charge in [-0.25, -0.2) is 4.79 Å². The predicted octanol–water partition coefficient (Wildman–Crippen LogP) is 3.78. The molecule has 24 heavy (non-hydrogen) atoms. The molecule has 3 amide bonds. The molecule has 130 valence electrons. The van der Waals surface area contributed by atoms with Gasteiger partial charge in [0.05, 0.1) is 16.6 Å². The molecule has 0 saturated heterocycles. The largest absolute Gasteiger partial charge is 0.396 e. The number of nitrogens with zero attached hydrogens (tertiary/aromatic N) is 1. The number of halogens is 5. The molecule has 1 aromatic carbocycles. The summed E-state index contributed by atoms with van der Waals surface area (Å²) >= 11 is 11.7. The second-order valence-electron chi connectivity index (χ2n) is 5.08. The first-order valence-electron chi connectivity index (χ1n) is 6.70. The molecule has 1 aliphatic rings. The van der Waals surface area contributed by atoms with Crippen molar-refractivity contribution in [3.05, 3.63) is 40.0 Å². The van der Waals surface area contributed by atoms with Crippen LogP contribution in [0.2, 0.25) is 10.0 Å². The molecule has 0 bridgehead atoms. The minimum absolute atomic E-state index is 0.167. The normalized spacial score (nSPS) is 18.1. The number of nitrogens with two attached hydrogens (primary N) is 1. The van der Waals surface area contributed by atoms with Crippen LogP contribution in [-0.4, -0.2) is 29.6 Å². The Bertz CT molecular complexity index is 707. The molecule has 10 heteroatoms. The third-order valence-electron chi connectivity index (χ3n) is 3.44. The number of urea groups is 1. The molecule has 0 aliphatic carbocycles. The lowest BCUT2D eigenvalue weighted by Crippen LogP contribution is -2.42. The van der Waals surface area contributed by atoms with Crippen LogP contribution < -0.4 is 11.1 Å². The highest BCUT2D eigenvalue weighted by Crippen LogP contribution is 2.37. The van der Waals surface area contributed by atoms with Gasteiger partial charge in [-0.15, -0.1) is 0 Å². The van der Waals surface area contributed by atoms with E-state index in [9.17, 15) is 22.8 Å². The summed E-state index contributed by atoms with van der Waals surface area (Å²) in [7, 11) is 0. The van der Waals surface area contributed by atoms with Crippen LogP contribution in [0.25, 0.3) is 0 Å². The van der Waals surface area contributed by atoms with Gasteiger partial charge >= 0.3 is 12.2 Å². The Morgan fingerprint density at radius 1 is 1.29 bits per heavy atom. The average molecular weight is 382 g/mol. The van der Waals surface area contributed by atoms with E-state index in [0.717, 1.165) is 11.1 Å². The molecule has 0 radical (unpaired) electrons. The molecule has 1 aliphatic heterocycles. The first kappa shape index (κ1) is 18.4. The van der Waals surface area contributed by atoms with Crippen LogP contribution in [-0.2, 0) is 4.79 Å². The van der Waals surface area contributed by atoms with E-state index in [0.29, 0.717) is 5.02 Å². The maximum atomic E-state index is 12.9. The molecular weight excluding hydrogens is 370 g/mol. The Balaban J connectivity index is 2.21. The highest BCUT2D eigenvalue weighted by Gasteiger charge is 2.45. The molecular formula is C14H12Cl2F3N3O2. The van der Waals surface area contributed by atoms with Crippen LogP contribution in [0, 0.1) is 5.92 Å². The first-order chi connectivity index (χ1) is 11.1. The number of hydrogen-bond donors (Lipinski definition) is 2. The number of alkyl halides is 3. The summed E-state index contributed by atoms with van der Waals surface area (Å²) in [6.45, 7) is -0.224. The predicted molar refractivity (Wildman–Crippen MR) is 83.6 cm³/mol. The molecule has 2 rings (SSSR count). The zero-order chi connectivity index (χ0) is 18.1. The molecule has 1 aromatic rings. The molecule has 0 fully saturated rings. The Kier molecular flexibility index (Phi) is 5.29. The second kappa shape index (κ2) is 6.90. The zero-order valence-corrected chi connectivity index (χ0v) is 13.5. The lowest BCUT2D eigenvalue weighted by molar-refractivity contribution is -0.169. The van der Waals surface area contributed by atoms with Gasteiger partial charge in [-0.05, 0) is 24.6 Å². The number of primary amides is 1. The van der Waals surface area contributed by atoms with Gasteiger partial charge in [0.2, 0.25) is 5.91 Å². The molecule has 5 nitrogen and oxygen atoms in total. The van der Waals surface area contributed by atoms with Gasteiger partial charge in [0.25, 0.3) is 0 Å². The van der Waals surface area contributed by atoms with Crippen molar-refractivity contribution in [1.29, 1.82) is 0 Å². The standard InChI is InChI=1S/C14H12Cl2F3N3O2/c15-7-1-2-11(10(16)5-7)21-13(24)22-4-3-9(14(17,18)19)8(6-22)12(20)23/h1-2,5-6,9H,3-4H2,(H2,20,23)(H,21,24)/t9-/m1/s1. The van der Waals surface area contributed by atoms with Crippen molar-refractivity contribution in [3.8, 4) is 0 Å². The summed E-state index contributed by atoms with van der Waals surface area (Å²) in [5.74, 6) is -3.21. The van der Waals surface area contributed by atoms with Crippen molar-refractivity contribution < 1.29 is 22.8 Å². The number of hydrogen-bond acceptors (Lipinski definition) is 2. The summed E-state index contributed by atoms with van der Waals surface area (Å²) in [5.41, 5.74) is 4.58. The minimum atomic E-state index is -4.61. The lowest BCUT2D eigenvalue weighted by atomic mass is 9.92. The van der Waals surface area contributed by atoms with E-state index in [4.69, 9.17) is 28.9 Å². The second-order valence-corrected chi connectivity index (χ2v) is 5.92. The van der Waals surface area contributed by atoms with Crippen molar-refractivity contribution in [3.63, 3.8) is 0 Å². The summed E-state index contributed by atoms with van der Waals surface area (Å²) in [5, 5.41) is 2.97. The molecule has 3 N–H and O–H groups in total. The Labute approximate surface area is 145 Å². The Hall–Kier alpha value is -1.93. The van der Waals surface area contributed by atoms with Gasteiger partial charge < -0.3 is 16.0 Å². The van der Waals surface area contributed by atoms with Crippen molar-refractivity contribution in [2.24, 2.45) is 11.7 Å². The summed E-state index contributed by atoms with van der Waals surface area (Å²) in [6, 6.07) is 3.60. The highest BCUT2D eigenvalue weighted by atomic mass is 35.5. The van der Waals surface area contributed by atoms with Gasteiger partial charge in [-0.2, -0.15) is 13.2 Å². The minimum Gasteiger partial charge on any atom is -0.366 e. The topological polar surface area (TPSA) is 75.4 Å². The van der Waals surface area contributed by atoms with Gasteiger partial charge in [0.15, 0.2) is 0 Å². The Morgan fingerprint density at radius 2 is 1.96 bits per heavy atom. The van der Waals surface area contributed by atoms with Crippen LogP contribution in [0.1, 0.15) is 6.42 Å². The monoisotopic (exact) mass is 381 g/mol. The maximum Gasteiger partial charge on any atom is 0.396 e. The number of carbonyl (C=O) groups is 2. The van der Waals surface area contributed by atoms with Crippen LogP contribution in [0.15, 0.2) is 30.0 Å². The fraction of sp³-hybridized carbons (Fsp3) is 0.286. The number of amides is 3. The van der Waals surface area contributed by atoms with Crippen molar-refractivity contribution >= 4 is 40.8 Å². The molecule has 1 heterocycles. The molecule has 0 spiro atoms. The quantitative estimate of drug-likeness (QED) is 0.817. The number of anilines is 1. The molecule has 0 unspecified atom stereocenters. The van der Waals surface area contributed by atoms with E-state index >= 15 is 0 Å². The zero-order valence-electron chi connectivity index (χ0n) is 12.0. The van der Waals surface area contributed by atoms with Gasteiger partial charge in [-0.3, -0.25) is 4.79 Å². The van der Waals surface area contributed by atoms with E-state index in [-0.39, 0.29) is 17.3 Å². The Morgan fingerprint density at radius 3 is 2.50 bits per heavy atom. The number of nitrogens with one attached hydrogen (secondary N) is 1.